The van der Waals surface area contributed by atoms with Crippen molar-refractivity contribution in [2.24, 2.45) is 0 Å². The largest absolute Gasteiger partial charge is 1.00 e. The smallest absolute Gasteiger partial charge is 0.744 e. The van der Waals surface area contributed by atoms with Gasteiger partial charge in [0.05, 0.1) is 29.6 Å². The quantitative estimate of drug-likeness (QED) is 0.221. The van der Waals surface area contributed by atoms with Gasteiger partial charge in [-0.25, -0.2) is 33.7 Å². The molecule has 0 saturated carbocycles. The third-order valence-electron chi connectivity index (χ3n) is 3.42. The maximum atomic E-state index is 11.4. The minimum atomic E-state index is -5.50. The van der Waals surface area contributed by atoms with Crippen LogP contribution >= 0.6 is 23.2 Å². The van der Waals surface area contributed by atoms with E-state index in [9.17, 15) is 51.9 Å². The maximum absolute atomic E-state index is 11.4. The fraction of sp³-hybridized carbons (Fsp3) is 0. The van der Waals surface area contributed by atoms with Crippen molar-refractivity contribution in [3.05, 3.63) is 34.3 Å². The molecule has 0 fully saturated rings. The Labute approximate surface area is 293 Å². The summed E-state index contributed by atoms with van der Waals surface area (Å²) in [6, 6.07) is 1.52. The van der Waals surface area contributed by atoms with Crippen LogP contribution in [0.5, 0.6) is 0 Å². The summed E-state index contributed by atoms with van der Waals surface area (Å²) in [5, 5.41) is -2.54. The van der Waals surface area contributed by atoms with Gasteiger partial charge in [0.25, 0.3) is 0 Å². The predicted molar refractivity (Wildman–Crippen MR) is 93.8 cm³/mol. The normalized spacial score (nSPS) is 11.8. The minimum Gasteiger partial charge on any atom is -0.744 e. The van der Waals surface area contributed by atoms with Crippen LogP contribution in [0.3, 0.4) is 0 Å². The molecule has 0 aliphatic carbocycles. The summed E-state index contributed by atoms with van der Waals surface area (Å²) in [5.74, 6) is 0. The molecule has 0 atom stereocenters. The first-order chi connectivity index (χ1) is 13.2. The van der Waals surface area contributed by atoms with E-state index in [1.165, 1.54) is 0 Å². The predicted octanol–water partition coefficient (Wildman–Crippen LogP) is -11.7. The van der Waals surface area contributed by atoms with Gasteiger partial charge in [0.1, 0.15) is 40.5 Å². The van der Waals surface area contributed by atoms with E-state index in [1.54, 1.807) is 0 Å². The molecule has 0 radical (unpaired) electrons. The second kappa shape index (κ2) is 14.3. The van der Waals surface area contributed by atoms with Crippen LogP contribution in [-0.2, 0) is 40.5 Å². The molecule has 2 aromatic rings. The molecule has 34 heavy (non-hydrogen) atoms. The molecule has 2 aromatic carbocycles. The maximum Gasteiger partial charge on any atom is 1.00 e. The van der Waals surface area contributed by atoms with E-state index >= 15 is 0 Å². The number of hydrogen-bond acceptors (Lipinski definition) is 12. The minimum absolute atomic E-state index is 0. The molecule has 0 aliphatic rings. The Bertz CT molecular complexity index is 1290. The van der Waals surface area contributed by atoms with Crippen molar-refractivity contribution >= 4 is 63.7 Å². The third kappa shape index (κ3) is 10.0. The first kappa shape index (κ1) is 41.1. The van der Waals surface area contributed by atoms with Gasteiger partial charge in [-0.15, -0.1) is 0 Å². The molecule has 0 aliphatic heterocycles. The first-order valence-electron chi connectivity index (χ1n) is 6.75. The molecule has 166 valence electrons. The van der Waals surface area contributed by atoms with Crippen molar-refractivity contribution < 1.29 is 170 Å². The molecule has 22 heteroatoms. The Balaban J connectivity index is -0.00000240. The second-order valence-electron chi connectivity index (χ2n) is 5.39. The summed E-state index contributed by atoms with van der Waals surface area (Å²) in [6.45, 7) is 0. The zero-order valence-corrected chi connectivity index (χ0v) is 30.4. The van der Waals surface area contributed by atoms with E-state index in [2.05, 4.69) is 0 Å². The average molecular weight is 631 g/mol. The first-order valence-corrected chi connectivity index (χ1v) is 13.1. The monoisotopic (exact) mass is 630 g/mol. The van der Waals surface area contributed by atoms with Gasteiger partial charge in [-0.2, -0.15) is 0 Å². The van der Waals surface area contributed by atoms with E-state index < -0.39 is 81.2 Å². The summed E-state index contributed by atoms with van der Waals surface area (Å²) in [5.41, 5.74) is -1.51. The van der Waals surface area contributed by atoms with Gasteiger partial charge in [0.2, 0.25) is 0 Å². The van der Waals surface area contributed by atoms with Crippen LogP contribution in [0.2, 0.25) is 10.0 Å². The van der Waals surface area contributed by atoms with Gasteiger partial charge in [-0.3, -0.25) is 0 Å². The Morgan fingerprint density at radius 1 is 0.441 bits per heavy atom. The van der Waals surface area contributed by atoms with Crippen molar-refractivity contribution in [2.75, 3.05) is 0 Å². The molecule has 0 saturated heterocycles. The van der Waals surface area contributed by atoms with Crippen LogP contribution in [0.1, 0.15) is 0 Å². The molecular formula is C12H4Cl2Na4O12S4. The van der Waals surface area contributed by atoms with Gasteiger partial charge >= 0.3 is 118 Å². The molecule has 2 rings (SSSR count). The van der Waals surface area contributed by atoms with E-state index in [4.69, 9.17) is 23.2 Å². The van der Waals surface area contributed by atoms with E-state index in [0.717, 1.165) is 0 Å². The average Bonchev–Trinajstić information content (AvgIpc) is 2.50. The number of halogens is 2. The Kier molecular flexibility index (Phi) is 17.4. The molecule has 0 unspecified atom stereocenters. The van der Waals surface area contributed by atoms with Crippen LogP contribution in [0, 0.1) is 0 Å². The molecule has 0 bridgehead atoms. The van der Waals surface area contributed by atoms with Crippen LogP contribution < -0.4 is 118 Å². The van der Waals surface area contributed by atoms with Crippen LogP contribution in [-0.4, -0.2) is 51.9 Å². The molecule has 12 nitrogen and oxygen atoms in total. The van der Waals surface area contributed by atoms with E-state index in [-0.39, 0.29) is 118 Å². The summed E-state index contributed by atoms with van der Waals surface area (Å²) in [6.07, 6.45) is 0. The molecule has 0 amide bonds. The van der Waals surface area contributed by atoms with Crippen molar-refractivity contribution in [1.82, 2.24) is 0 Å². The van der Waals surface area contributed by atoms with Gasteiger partial charge < -0.3 is 18.2 Å². The second-order valence-corrected chi connectivity index (χ2v) is 11.5. The van der Waals surface area contributed by atoms with Gasteiger partial charge in [-0.05, 0) is 35.4 Å². The zero-order valence-electron chi connectivity index (χ0n) is 17.6. The zero-order chi connectivity index (χ0) is 23.4. The molecule has 0 spiro atoms. The van der Waals surface area contributed by atoms with Crippen LogP contribution in [0.15, 0.2) is 43.8 Å². The van der Waals surface area contributed by atoms with Crippen molar-refractivity contribution in [3.63, 3.8) is 0 Å². The molecule has 0 aromatic heterocycles. The number of benzene rings is 2. The van der Waals surface area contributed by atoms with Gasteiger partial charge in [0.15, 0.2) is 0 Å². The van der Waals surface area contributed by atoms with Gasteiger partial charge in [0, 0.05) is 0 Å². The summed E-state index contributed by atoms with van der Waals surface area (Å²) in [4.78, 5) is -5.71. The number of rotatable bonds is 5. The SMILES string of the molecule is O=S(=O)([O-])c1cc(-c2cc(S(=O)(=O)[O-])c(Cl)c(S(=O)(=O)[O-])c2)cc(S(=O)(=O)[O-])c1Cl.[Na+].[Na+].[Na+].[Na+]. The molecule has 0 heterocycles. The Morgan fingerprint density at radius 3 is 0.706 bits per heavy atom. The van der Waals surface area contributed by atoms with E-state index in [1.807, 2.05) is 0 Å². The fourth-order valence-electron chi connectivity index (χ4n) is 2.21. The summed E-state index contributed by atoms with van der Waals surface area (Å²) in [7, 11) is -22.0. The van der Waals surface area contributed by atoms with Crippen molar-refractivity contribution in [3.8, 4) is 11.1 Å². The standard InChI is InChI=1S/C12H8Cl2O12S4.4Na/c13-11-7(27(15,16)17)1-5(2-8(11)28(18,19)20)6-3-9(29(21,22)23)12(14)10(4-6)30(24,25)26;;;;/h1-4H,(H,15,16,17)(H,18,19,20)(H,21,22,23)(H,24,25,26);;;;/q;4*+1/p-4. The molecule has 0 N–H and O–H groups in total. The summed E-state index contributed by atoms with van der Waals surface area (Å²) < 4.78 is 136. The third-order valence-corrected chi connectivity index (χ3v) is 8.13. The van der Waals surface area contributed by atoms with Crippen LogP contribution in [0.25, 0.3) is 11.1 Å². The fourth-order valence-corrected chi connectivity index (χ4v) is 6.09. The molecular weight excluding hydrogens is 627 g/mol. The van der Waals surface area contributed by atoms with Crippen molar-refractivity contribution in [1.29, 1.82) is 0 Å². The number of hydrogen-bond donors (Lipinski definition) is 0. The van der Waals surface area contributed by atoms with E-state index in [0.29, 0.717) is 24.3 Å². The Hall–Kier alpha value is 2.66. The van der Waals surface area contributed by atoms with Gasteiger partial charge in [-0.1, -0.05) is 23.2 Å². The topological polar surface area (TPSA) is 229 Å². The van der Waals surface area contributed by atoms with Crippen molar-refractivity contribution in [2.45, 2.75) is 19.6 Å². The van der Waals surface area contributed by atoms with Crippen LogP contribution in [0.4, 0.5) is 0 Å². The summed E-state index contributed by atoms with van der Waals surface area (Å²) >= 11 is 11.0. The Morgan fingerprint density at radius 2 is 0.588 bits per heavy atom.